The van der Waals surface area contributed by atoms with Gasteiger partial charge in [-0.05, 0) is 43.0 Å². The van der Waals surface area contributed by atoms with Crippen LogP contribution in [0.4, 0.5) is 5.82 Å². The number of nitrogens with one attached hydrogen (secondary N) is 2. The first-order valence-electron chi connectivity index (χ1n) is 11.0. The molecule has 2 aromatic heterocycles. The van der Waals surface area contributed by atoms with Crippen molar-refractivity contribution in [2.75, 3.05) is 31.6 Å². The molecule has 1 saturated heterocycles. The Morgan fingerprint density at radius 3 is 2.69 bits per heavy atom. The van der Waals surface area contributed by atoms with E-state index in [1.54, 1.807) is 0 Å². The van der Waals surface area contributed by atoms with Crippen LogP contribution in [0.3, 0.4) is 0 Å². The van der Waals surface area contributed by atoms with Crippen LogP contribution in [0.2, 0.25) is 0 Å². The first kappa shape index (κ1) is 24.0. The number of aromatic amines is 1. The molecule has 1 aromatic carbocycles. The Morgan fingerprint density at radius 1 is 1.16 bits per heavy atom. The normalized spacial score (nSPS) is 13.7. The number of nitrogens with zero attached hydrogens (tertiary/aromatic N) is 5. The van der Waals surface area contributed by atoms with Gasteiger partial charge in [0.05, 0.1) is 25.0 Å². The van der Waals surface area contributed by atoms with Gasteiger partial charge in [0, 0.05) is 32.9 Å². The number of rotatable bonds is 7. The minimum Gasteiger partial charge on any atom is -0.357 e. The third-order valence-corrected chi connectivity index (χ3v) is 5.45. The van der Waals surface area contributed by atoms with Gasteiger partial charge >= 0.3 is 0 Å². The minimum atomic E-state index is 0. The molecule has 3 aromatic rings. The van der Waals surface area contributed by atoms with Gasteiger partial charge < -0.3 is 20.1 Å². The van der Waals surface area contributed by atoms with Crippen LogP contribution in [-0.4, -0.2) is 52.5 Å². The van der Waals surface area contributed by atoms with Crippen LogP contribution in [0.1, 0.15) is 31.2 Å². The van der Waals surface area contributed by atoms with E-state index >= 15 is 0 Å². The molecule has 7 nitrogen and oxygen atoms in total. The Kier molecular flexibility index (Phi) is 8.90. The molecular weight excluding hydrogens is 513 g/mol. The molecule has 2 N–H and O–H groups in total. The zero-order chi connectivity index (χ0) is 21.5. The van der Waals surface area contributed by atoms with Gasteiger partial charge in [-0.3, -0.25) is 0 Å². The van der Waals surface area contributed by atoms with Gasteiger partial charge in [0.15, 0.2) is 5.96 Å². The van der Waals surface area contributed by atoms with Crippen LogP contribution in [0.15, 0.2) is 59.9 Å². The zero-order valence-corrected chi connectivity index (χ0v) is 21.1. The third-order valence-electron chi connectivity index (χ3n) is 5.45. The molecular formula is C24H32IN7. The van der Waals surface area contributed by atoms with Crippen LogP contribution >= 0.6 is 24.0 Å². The molecule has 1 fully saturated rings. The highest BCUT2D eigenvalue weighted by molar-refractivity contribution is 14.0. The largest absolute Gasteiger partial charge is 0.357 e. The summed E-state index contributed by atoms with van der Waals surface area (Å²) in [6.45, 7) is 6.35. The molecule has 3 heterocycles. The van der Waals surface area contributed by atoms with Crippen molar-refractivity contribution in [2.45, 2.75) is 32.9 Å². The average Bonchev–Trinajstić information content (AvgIpc) is 3.50. The van der Waals surface area contributed by atoms with Gasteiger partial charge in [0.1, 0.15) is 11.6 Å². The molecule has 0 bridgehead atoms. The van der Waals surface area contributed by atoms with Gasteiger partial charge in [-0.15, -0.1) is 24.0 Å². The average molecular weight is 545 g/mol. The number of pyridine rings is 1. The summed E-state index contributed by atoms with van der Waals surface area (Å²) in [5.74, 6) is 2.83. The monoisotopic (exact) mass is 545 g/mol. The van der Waals surface area contributed by atoms with Crippen molar-refractivity contribution in [2.24, 2.45) is 4.99 Å². The van der Waals surface area contributed by atoms with E-state index in [-0.39, 0.29) is 24.0 Å². The molecule has 4 rings (SSSR count). The molecule has 0 spiro atoms. The summed E-state index contributed by atoms with van der Waals surface area (Å²) in [6.07, 6.45) is 6.28. The SMILES string of the molecule is CCNC(=NCc1ccnc(N2CCCC2)c1)N(C)Cc1ncc(-c2ccccc2)[nH]1.I. The lowest BCUT2D eigenvalue weighted by atomic mass is 10.2. The molecule has 32 heavy (non-hydrogen) atoms. The number of anilines is 1. The lowest BCUT2D eigenvalue weighted by Gasteiger charge is -2.21. The molecule has 0 unspecified atom stereocenters. The molecule has 1 aliphatic rings. The number of halogens is 1. The van der Waals surface area contributed by atoms with Gasteiger partial charge in [-0.2, -0.15) is 0 Å². The van der Waals surface area contributed by atoms with Gasteiger partial charge in [-0.1, -0.05) is 30.3 Å². The van der Waals surface area contributed by atoms with Crippen LogP contribution in [0.25, 0.3) is 11.3 Å². The lowest BCUT2D eigenvalue weighted by molar-refractivity contribution is 0.464. The minimum absolute atomic E-state index is 0. The second kappa shape index (κ2) is 11.8. The molecule has 0 saturated carbocycles. The summed E-state index contributed by atoms with van der Waals surface area (Å²) in [7, 11) is 2.04. The number of aromatic nitrogens is 3. The Morgan fingerprint density at radius 2 is 1.94 bits per heavy atom. The fourth-order valence-electron chi connectivity index (χ4n) is 3.82. The van der Waals surface area contributed by atoms with E-state index in [1.807, 2.05) is 43.7 Å². The van der Waals surface area contributed by atoms with Gasteiger partial charge in [0.25, 0.3) is 0 Å². The number of guanidine groups is 1. The van der Waals surface area contributed by atoms with E-state index in [1.165, 1.54) is 18.4 Å². The maximum absolute atomic E-state index is 4.86. The predicted molar refractivity (Wildman–Crippen MR) is 141 cm³/mol. The summed E-state index contributed by atoms with van der Waals surface area (Å²) in [5.41, 5.74) is 3.33. The van der Waals surface area contributed by atoms with E-state index in [4.69, 9.17) is 4.99 Å². The van der Waals surface area contributed by atoms with Crippen LogP contribution in [0.5, 0.6) is 0 Å². The lowest BCUT2D eigenvalue weighted by Crippen LogP contribution is -2.38. The van der Waals surface area contributed by atoms with Crippen molar-refractivity contribution in [3.63, 3.8) is 0 Å². The number of H-pyrrole nitrogens is 1. The smallest absolute Gasteiger partial charge is 0.194 e. The van der Waals surface area contributed by atoms with E-state index in [2.05, 4.69) is 55.2 Å². The summed E-state index contributed by atoms with van der Waals surface area (Å²) >= 11 is 0. The fraction of sp³-hybridized carbons (Fsp3) is 0.375. The van der Waals surface area contributed by atoms with E-state index in [0.29, 0.717) is 13.1 Å². The summed E-state index contributed by atoms with van der Waals surface area (Å²) in [6, 6.07) is 14.5. The number of hydrogen-bond donors (Lipinski definition) is 2. The highest BCUT2D eigenvalue weighted by atomic mass is 127. The highest BCUT2D eigenvalue weighted by Crippen LogP contribution is 2.19. The van der Waals surface area contributed by atoms with Crippen molar-refractivity contribution in [3.8, 4) is 11.3 Å². The number of imidazole rings is 1. The molecule has 0 amide bonds. The fourth-order valence-corrected chi connectivity index (χ4v) is 3.82. The first-order valence-corrected chi connectivity index (χ1v) is 11.0. The standard InChI is InChI=1S/C24H31N7.HI/c1-3-25-24(28-16-19-11-12-26-23(15-19)31-13-7-8-14-31)30(2)18-22-27-17-21(29-22)20-9-5-4-6-10-20;/h4-6,9-12,15,17H,3,7-8,13-14,16,18H2,1-2H3,(H,25,28)(H,27,29);1H. The van der Waals surface area contributed by atoms with Crippen LogP contribution in [0, 0.1) is 0 Å². The van der Waals surface area contributed by atoms with Crippen molar-refractivity contribution in [1.82, 2.24) is 25.2 Å². The Balaban J connectivity index is 0.00000289. The van der Waals surface area contributed by atoms with Crippen molar-refractivity contribution >= 4 is 35.8 Å². The summed E-state index contributed by atoms with van der Waals surface area (Å²) in [5, 5.41) is 3.39. The predicted octanol–water partition coefficient (Wildman–Crippen LogP) is 4.29. The molecule has 1 aliphatic heterocycles. The van der Waals surface area contributed by atoms with Gasteiger partial charge in [0.2, 0.25) is 0 Å². The molecule has 0 atom stereocenters. The summed E-state index contributed by atoms with van der Waals surface area (Å²) in [4.78, 5) is 21.8. The summed E-state index contributed by atoms with van der Waals surface area (Å²) < 4.78 is 0. The van der Waals surface area contributed by atoms with Crippen molar-refractivity contribution in [1.29, 1.82) is 0 Å². The van der Waals surface area contributed by atoms with Gasteiger partial charge in [-0.25, -0.2) is 15.0 Å². The topological polar surface area (TPSA) is 72.4 Å². The number of aliphatic imine (C=N–C) groups is 1. The Bertz CT molecular complexity index is 996. The Hall–Kier alpha value is -2.62. The first-order chi connectivity index (χ1) is 15.2. The van der Waals surface area contributed by atoms with Crippen LogP contribution < -0.4 is 10.2 Å². The Labute approximate surface area is 207 Å². The third kappa shape index (κ3) is 6.21. The zero-order valence-electron chi connectivity index (χ0n) is 18.8. The highest BCUT2D eigenvalue weighted by Gasteiger charge is 2.14. The molecule has 8 heteroatoms. The van der Waals surface area contributed by atoms with Crippen molar-refractivity contribution < 1.29 is 0 Å². The van der Waals surface area contributed by atoms with E-state index < -0.39 is 0 Å². The number of hydrogen-bond acceptors (Lipinski definition) is 4. The van der Waals surface area contributed by atoms with Crippen LogP contribution in [-0.2, 0) is 13.1 Å². The molecule has 0 radical (unpaired) electrons. The maximum atomic E-state index is 4.86. The van der Waals surface area contributed by atoms with E-state index in [0.717, 1.165) is 48.5 Å². The maximum Gasteiger partial charge on any atom is 0.194 e. The quantitative estimate of drug-likeness (QED) is 0.264. The molecule has 170 valence electrons. The number of benzene rings is 1. The second-order valence-electron chi connectivity index (χ2n) is 7.85. The second-order valence-corrected chi connectivity index (χ2v) is 7.85. The van der Waals surface area contributed by atoms with E-state index in [9.17, 15) is 0 Å². The van der Waals surface area contributed by atoms with Crippen molar-refractivity contribution in [3.05, 3.63) is 66.2 Å². The molecule has 0 aliphatic carbocycles.